The lowest BCUT2D eigenvalue weighted by molar-refractivity contribution is 0.187. The summed E-state index contributed by atoms with van der Waals surface area (Å²) in [4.78, 5) is 9.48. The van der Waals surface area contributed by atoms with Gasteiger partial charge in [0.25, 0.3) is 0 Å². The van der Waals surface area contributed by atoms with Crippen LogP contribution in [0.25, 0.3) is 0 Å². The molecule has 0 amide bonds. The summed E-state index contributed by atoms with van der Waals surface area (Å²) >= 11 is 0. The van der Waals surface area contributed by atoms with E-state index in [0.29, 0.717) is 0 Å². The highest BCUT2D eigenvalue weighted by atomic mass is 16.3. The van der Waals surface area contributed by atoms with Crippen LogP contribution in [0.3, 0.4) is 0 Å². The van der Waals surface area contributed by atoms with Crippen molar-refractivity contribution in [1.82, 2.24) is 20.4 Å². The Labute approximate surface area is 164 Å². The monoisotopic (exact) mass is 375 g/mol. The highest BCUT2D eigenvalue weighted by Gasteiger charge is 2.25. The molecule has 27 heavy (non-hydrogen) atoms. The molecule has 2 saturated heterocycles. The molecule has 0 saturated carbocycles. The molecule has 2 aliphatic rings. The van der Waals surface area contributed by atoms with Crippen molar-refractivity contribution in [2.75, 3.05) is 52.9 Å². The summed E-state index contributed by atoms with van der Waals surface area (Å²) < 4.78 is 5.71. The molecule has 1 aromatic rings. The lowest BCUT2D eigenvalue weighted by Crippen LogP contribution is -2.43. The van der Waals surface area contributed by atoms with Crippen molar-refractivity contribution < 1.29 is 4.42 Å². The van der Waals surface area contributed by atoms with Gasteiger partial charge in [0.2, 0.25) is 0 Å². The Morgan fingerprint density at radius 3 is 2.63 bits per heavy atom. The molecule has 0 spiro atoms. The predicted molar refractivity (Wildman–Crippen MR) is 111 cm³/mol. The quantitative estimate of drug-likeness (QED) is 0.540. The number of piperidine rings is 1. The number of aliphatic imine (C=N–C) groups is 1. The van der Waals surface area contributed by atoms with Crippen molar-refractivity contribution in [2.45, 2.75) is 45.1 Å². The van der Waals surface area contributed by atoms with E-state index in [1.807, 2.05) is 13.1 Å². The molecule has 1 aromatic heterocycles. The first-order valence-electron chi connectivity index (χ1n) is 10.7. The molecule has 2 N–H and O–H groups in total. The van der Waals surface area contributed by atoms with Crippen LogP contribution in [0.1, 0.15) is 50.8 Å². The van der Waals surface area contributed by atoms with E-state index in [-0.39, 0.29) is 6.04 Å². The van der Waals surface area contributed by atoms with E-state index in [4.69, 9.17) is 4.42 Å². The maximum Gasteiger partial charge on any atom is 0.191 e. The predicted octanol–water partition coefficient (Wildman–Crippen LogP) is 2.70. The van der Waals surface area contributed by atoms with Crippen molar-refractivity contribution in [1.29, 1.82) is 0 Å². The van der Waals surface area contributed by atoms with Gasteiger partial charge in [-0.2, -0.15) is 0 Å². The van der Waals surface area contributed by atoms with Gasteiger partial charge in [-0.3, -0.25) is 9.89 Å². The van der Waals surface area contributed by atoms with E-state index in [9.17, 15) is 0 Å². The minimum Gasteiger partial charge on any atom is -0.468 e. The fourth-order valence-electron chi connectivity index (χ4n) is 4.34. The zero-order chi connectivity index (χ0) is 18.9. The van der Waals surface area contributed by atoms with E-state index in [0.717, 1.165) is 43.8 Å². The van der Waals surface area contributed by atoms with Crippen LogP contribution in [-0.2, 0) is 0 Å². The number of nitrogens with one attached hydrogen (secondary N) is 2. The molecule has 3 heterocycles. The number of rotatable bonds is 8. The lowest BCUT2D eigenvalue weighted by Gasteiger charge is -2.31. The summed E-state index contributed by atoms with van der Waals surface area (Å²) in [5.74, 6) is 2.79. The van der Waals surface area contributed by atoms with Gasteiger partial charge in [0.05, 0.1) is 12.3 Å². The zero-order valence-corrected chi connectivity index (χ0v) is 17.1. The molecule has 1 atom stereocenters. The van der Waals surface area contributed by atoms with Gasteiger partial charge in [-0.05, 0) is 82.9 Å². The largest absolute Gasteiger partial charge is 0.468 e. The zero-order valence-electron chi connectivity index (χ0n) is 17.1. The Morgan fingerprint density at radius 1 is 1.22 bits per heavy atom. The van der Waals surface area contributed by atoms with Crippen LogP contribution in [-0.4, -0.2) is 68.6 Å². The Morgan fingerprint density at radius 2 is 2.00 bits per heavy atom. The van der Waals surface area contributed by atoms with Crippen molar-refractivity contribution >= 4 is 5.96 Å². The van der Waals surface area contributed by atoms with Crippen LogP contribution in [0.5, 0.6) is 0 Å². The summed E-state index contributed by atoms with van der Waals surface area (Å²) in [6.07, 6.45) is 8.22. The van der Waals surface area contributed by atoms with Gasteiger partial charge in [0.15, 0.2) is 5.96 Å². The second-order valence-electron chi connectivity index (χ2n) is 7.82. The number of likely N-dealkylation sites (tertiary alicyclic amines) is 2. The highest BCUT2D eigenvalue weighted by molar-refractivity contribution is 5.79. The number of nitrogens with zero attached hydrogens (tertiary/aromatic N) is 3. The van der Waals surface area contributed by atoms with Gasteiger partial charge in [0, 0.05) is 20.1 Å². The Kier molecular flexibility index (Phi) is 8.02. The molecular weight excluding hydrogens is 338 g/mol. The summed E-state index contributed by atoms with van der Waals surface area (Å²) in [5.41, 5.74) is 0. The van der Waals surface area contributed by atoms with E-state index in [1.54, 1.807) is 6.26 Å². The van der Waals surface area contributed by atoms with Gasteiger partial charge < -0.3 is 20.0 Å². The van der Waals surface area contributed by atoms with Gasteiger partial charge in [-0.1, -0.05) is 6.92 Å². The molecule has 0 bridgehead atoms. The van der Waals surface area contributed by atoms with E-state index in [1.165, 1.54) is 51.7 Å². The maximum absolute atomic E-state index is 5.71. The SMILES string of the molecule is CCN1CCC(CCNC(=NC)NCC(c2ccco2)N2CCCC2)CC1. The topological polar surface area (TPSA) is 56.0 Å². The third-order valence-corrected chi connectivity index (χ3v) is 6.14. The molecule has 2 aliphatic heterocycles. The van der Waals surface area contributed by atoms with Crippen LogP contribution in [0.4, 0.5) is 0 Å². The summed E-state index contributed by atoms with van der Waals surface area (Å²) in [6.45, 7) is 10.1. The van der Waals surface area contributed by atoms with Gasteiger partial charge in [-0.15, -0.1) is 0 Å². The van der Waals surface area contributed by atoms with Crippen LogP contribution in [0.15, 0.2) is 27.8 Å². The Hall–Kier alpha value is -1.53. The summed E-state index contributed by atoms with van der Waals surface area (Å²) in [5, 5.41) is 7.03. The first-order chi connectivity index (χ1) is 13.3. The van der Waals surface area contributed by atoms with Crippen molar-refractivity contribution in [3.8, 4) is 0 Å². The molecule has 0 aliphatic carbocycles. The molecule has 1 unspecified atom stereocenters. The number of guanidine groups is 1. The summed E-state index contributed by atoms with van der Waals surface area (Å²) in [7, 11) is 1.85. The number of furan rings is 1. The molecule has 6 nitrogen and oxygen atoms in total. The van der Waals surface area contributed by atoms with Crippen LogP contribution in [0, 0.1) is 5.92 Å². The molecule has 0 aromatic carbocycles. The van der Waals surface area contributed by atoms with Crippen molar-refractivity contribution in [3.05, 3.63) is 24.2 Å². The second kappa shape index (κ2) is 10.7. The Balaban J connectivity index is 1.41. The third-order valence-electron chi connectivity index (χ3n) is 6.14. The smallest absolute Gasteiger partial charge is 0.191 e. The fourth-order valence-corrected chi connectivity index (χ4v) is 4.34. The summed E-state index contributed by atoms with van der Waals surface area (Å²) in [6, 6.07) is 4.35. The first kappa shape index (κ1) is 20.2. The van der Waals surface area contributed by atoms with Crippen LogP contribution >= 0.6 is 0 Å². The van der Waals surface area contributed by atoms with Crippen LogP contribution in [0.2, 0.25) is 0 Å². The van der Waals surface area contributed by atoms with Gasteiger partial charge in [-0.25, -0.2) is 0 Å². The minimum atomic E-state index is 0.277. The second-order valence-corrected chi connectivity index (χ2v) is 7.82. The van der Waals surface area contributed by atoms with E-state index >= 15 is 0 Å². The molecule has 6 heteroatoms. The van der Waals surface area contributed by atoms with Gasteiger partial charge >= 0.3 is 0 Å². The average molecular weight is 376 g/mol. The average Bonchev–Trinajstić information content (AvgIpc) is 3.42. The fraction of sp³-hybridized carbons (Fsp3) is 0.762. The van der Waals surface area contributed by atoms with Gasteiger partial charge in [0.1, 0.15) is 5.76 Å². The van der Waals surface area contributed by atoms with E-state index in [2.05, 4.69) is 38.4 Å². The first-order valence-corrected chi connectivity index (χ1v) is 10.7. The standard InChI is InChI=1S/C21H37N5O/c1-3-25-14-9-18(10-15-25)8-11-23-21(22-2)24-17-19(20-7-6-16-27-20)26-12-4-5-13-26/h6-7,16,18-19H,3-5,8-15,17H2,1-2H3,(H2,22,23,24). The molecule has 3 rings (SSSR count). The van der Waals surface area contributed by atoms with Crippen molar-refractivity contribution in [2.24, 2.45) is 10.9 Å². The normalized spacial score (nSPS) is 21.5. The third kappa shape index (κ3) is 5.98. The molecular formula is C21H37N5O. The highest BCUT2D eigenvalue weighted by Crippen LogP contribution is 2.25. The van der Waals surface area contributed by atoms with E-state index < -0.39 is 0 Å². The molecule has 2 fully saturated rings. The number of hydrogen-bond donors (Lipinski definition) is 2. The Bertz CT molecular complexity index is 545. The molecule has 152 valence electrons. The lowest BCUT2D eigenvalue weighted by atomic mass is 9.93. The molecule has 0 radical (unpaired) electrons. The van der Waals surface area contributed by atoms with Crippen LogP contribution < -0.4 is 10.6 Å². The number of hydrogen-bond acceptors (Lipinski definition) is 4. The minimum absolute atomic E-state index is 0.277. The van der Waals surface area contributed by atoms with Crippen molar-refractivity contribution in [3.63, 3.8) is 0 Å². The maximum atomic E-state index is 5.71.